The van der Waals surface area contributed by atoms with Gasteiger partial charge in [-0.3, -0.25) is 0 Å². The molecule has 3 aromatic rings. The van der Waals surface area contributed by atoms with Gasteiger partial charge in [-0.25, -0.2) is 4.79 Å². The smallest absolute Gasteiger partial charge is 0.407 e. The molecule has 0 saturated carbocycles. The van der Waals surface area contributed by atoms with Crippen molar-refractivity contribution in [1.29, 1.82) is 0 Å². The molecule has 7 nitrogen and oxygen atoms in total. The molecule has 31 heavy (non-hydrogen) atoms. The quantitative estimate of drug-likeness (QED) is 0.285. The van der Waals surface area contributed by atoms with E-state index in [2.05, 4.69) is 20.6 Å². The topological polar surface area (TPSA) is 81.4 Å². The fourth-order valence-electron chi connectivity index (χ4n) is 2.72. The van der Waals surface area contributed by atoms with Crippen molar-refractivity contribution < 1.29 is 9.53 Å². The molecule has 2 aromatic heterocycles. The van der Waals surface area contributed by atoms with Gasteiger partial charge < -0.3 is 10.1 Å². The van der Waals surface area contributed by atoms with Crippen LogP contribution in [-0.4, -0.2) is 38.1 Å². The summed E-state index contributed by atoms with van der Waals surface area (Å²) in [7, 11) is 0. The molecule has 0 radical (unpaired) electrons. The first-order valence-electron chi connectivity index (χ1n) is 9.96. The van der Waals surface area contributed by atoms with Crippen LogP contribution in [0.5, 0.6) is 0 Å². The lowest BCUT2D eigenvalue weighted by atomic mass is 10.2. The standard InChI is InChI=1S/C20H25Cl2N5O2S2/c1-20(2,3)29-18(28)23-10-6-4-5-7-16-24-25-17-27(16)26-19(31-17)30-12-13-8-9-14(21)11-15(13)22/h8-9,11H,4-7,10,12H2,1-3H3,(H,23,28). The van der Waals surface area contributed by atoms with Crippen molar-refractivity contribution in [3.63, 3.8) is 0 Å². The number of halogens is 2. The minimum atomic E-state index is -0.477. The number of alkyl carbamates (subject to hydrolysis) is 1. The van der Waals surface area contributed by atoms with Crippen LogP contribution in [0.3, 0.4) is 0 Å². The van der Waals surface area contributed by atoms with Crippen LogP contribution in [0.15, 0.2) is 22.5 Å². The van der Waals surface area contributed by atoms with Gasteiger partial charge in [-0.15, -0.1) is 15.3 Å². The van der Waals surface area contributed by atoms with Gasteiger partial charge in [0, 0.05) is 28.8 Å². The number of nitrogens with one attached hydrogen (secondary N) is 1. The first-order valence-corrected chi connectivity index (χ1v) is 12.5. The zero-order valence-corrected chi connectivity index (χ0v) is 20.8. The summed E-state index contributed by atoms with van der Waals surface area (Å²) in [6, 6.07) is 5.52. The summed E-state index contributed by atoms with van der Waals surface area (Å²) >= 11 is 15.3. The Bertz CT molecular complexity index is 1030. The van der Waals surface area contributed by atoms with E-state index in [1.165, 1.54) is 11.3 Å². The Morgan fingerprint density at radius 1 is 1.23 bits per heavy atom. The second-order valence-electron chi connectivity index (χ2n) is 7.94. The summed E-state index contributed by atoms with van der Waals surface area (Å²) in [5.74, 6) is 1.56. The Hall–Kier alpha value is -1.55. The summed E-state index contributed by atoms with van der Waals surface area (Å²) in [6.45, 7) is 6.14. The summed E-state index contributed by atoms with van der Waals surface area (Å²) in [4.78, 5) is 12.4. The van der Waals surface area contributed by atoms with Crippen LogP contribution in [0.2, 0.25) is 10.0 Å². The van der Waals surface area contributed by atoms with Gasteiger partial charge >= 0.3 is 6.09 Å². The van der Waals surface area contributed by atoms with E-state index in [-0.39, 0.29) is 6.09 Å². The van der Waals surface area contributed by atoms with Crippen LogP contribution >= 0.6 is 46.3 Å². The second-order valence-corrected chi connectivity index (χ2v) is 11.0. The Labute approximate surface area is 199 Å². The number of unbranched alkanes of at least 4 members (excludes halogenated alkanes) is 2. The number of carbonyl (C=O) groups is 1. The van der Waals surface area contributed by atoms with E-state index in [0.29, 0.717) is 22.3 Å². The normalized spacial score (nSPS) is 11.8. The van der Waals surface area contributed by atoms with E-state index in [1.54, 1.807) is 17.8 Å². The maximum atomic E-state index is 11.6. The van der Waals surface area contributed by atoms with Gasteiger partial charge in [0.1, 0.15) is 5.60 Å². The van der Waals surface area contributed by atoms with Crippen molar-refractivity contribution in [2.24, 2.45) is 0 Å². The van der Waals surface area contributed by atoms with Crippen LogP contribution in [0, 0.1) is 0 Å². The molecule has 2 heterocycles. The molecular formula is C20H25Cl2N5O2S2. The summed E-state index contributed by atoms with van der Waals surface area (Å²) in [5, 5.41) is 17.2. The number of benzene rings is 1. The number of thioether (sulfide) groups is 1. The van der Waals surface area contributed by atoms with Gasteiger partial charge in [-0.2, -0.15) is 4.52 Å². The highest BCUT2D eigenvalue weighted by atomic mass is 35.5. The first kappa shape index (κ1) is 24.1. The molecule has 0 spiro atoms. The zero-order chi connectivity index (χ0) is 22.4. The number of carbonyl (C=O) groups excluding carboxylic acids is 1. The fraction of sp³-hybridized carbons (Fsp3) is 0.500. The van der Waals surface area contributed by atoms with Crippen molar-refractivity contribution >= 4 is 57.4 Å². The maximum Gasteiger partial charge on any atom is 0.407 e. The van der Waals surface area contributed by atoms with Crippen LogP contribution in [-0.2, 0) is 16.9 Å². The molecule has 1 amide bonds. The lowest BCUT2D eigenvalue weighted by Crippen LogP contribution is -2.32. The highest BCUT2D eigenvalue weighted by molar-refractivity contribution is 8.00. The molecule has 0 unspecified atom stereocenters. The lowest BCUT2D eigenvalue weighted by molar-refractivity contribution is 0.0527. The molecule has 0 fully saturated rings. The Morgan fingerprint density at radius 2 is 2.03 bits per heavy atom. The van der Waals surface area contributed by atoms with Gasteiger partial charge in [-0.05, 0) is 51.3 Å². The van der Waals surface area contributed by atoms with Crippen LogP contribution in [0.25, 0.3) is 4.96 Å². The predicted molar refractivity (Wildman–Crippen MR) is 126 cm³/mol. The van der Waals surface area contributed by atoms with Crippen LogP contribution < -0.4 is 5.32 Å². The molecule has 0 aliphatic rings. The van der Waals surface area contributed by atoms with Crippen LogP contribution in [0.4, 0.5) is 4.79 Å². The molecule has 1 aromatic carbocycles. The number of aryl methyl sites for hydroxylation is 1. The molecule has 0 bridgehead atoms. The third-order valence-corrected chi connectivity index (χ3v) is 6.82. The second kappa shape index (κ2) is 10.8. The van der Waals surface area contributed by atoms with E-state index >= 15 is 0 Å². The van der Waals surface area contributed by atoms with Gasteiger partial charge in [0.25, 0.3) is 0 Å². The number of aromatic nitrogens is 4. The number of rotatable bonds is 9. The number of hydrogen-bond donors (Lipinski definition) is 1. The van der Waals surface area contributed by atoms with Gasteiger partial charge in [0.05, 0.1) is 0 Å². The molecule has 1 N–H and O–H groups in total. The zero-order valence-electron chi connectivity index (χ0n) is 17.7. The summed E-state index contributed by atoms with van der Waals surface area (Å²) in [5.41, 5.74) is 0.539. The number of fused-ring (bicyclic) bond motifs is 1. The highest BCUT2D eigenvalue weighted by Gasteiger charge is 2.16. The predicted octanol–water partition coefficient (Wildman–Crippen LogP) is 6.02. The fourth-order valence-corrected chi connectivity index (χ4v) is 5.18. The number of hydrogen-bond acceptors (Lipinski definition) is 7. The average Bonchev–Trinajstić information content (AvgIpc) is 3.23. The van der Waals surface area contributed by atoms with Gasteiger partial charge in [0.2, 0.25) is 4.96 Å². The van der Waals surface area contributed by atoms with E-state index < -0.39 is 5.60 Å². The highest BCUT2D eigenvalue weighted by Crippen LogP contribution is 2.31. The lowest BCUT2D eigenvalue weighted by Gasteiger charge is -2.19. The van der Waals surface area contributed by atoms with Crippen molar-refractivity contribution in [3.8, 4) is 0 Å². The monoisotopic (exact) mass is 501 g/mol. The number of amides is 1. The van der Waals surface area contributed by atoms with Gasteiger partial charge in [-0.1, -0.05) is 58.8 Å². The largest absolute Gasteiger partial charge is 0.444 e. The molecule has 11 heteroatoms. The molecule has 0 atom stereocenters. The van der Waals surface area contributed by atoms with Crippen molar-refractivity contribution in [2.75, 3.05) is 6.54 Å². The van der Waals surface area contributed by atoms with E-state index in [4.69, 9.17) is 27.9 Å². The van der Waals surface area contributed by atoms with E-state index in [1.807, 2.05) is 37.4 Å². The van der Waals surface area contributed by atoms with Crippen molar-refractivity contribution in [1.82, 2.24) is 25.1 Å². The Morgan fingerprint density at radius 3 is 2.77 bits per heavy atom. The van der Waals surface area contributed by atoms with E-state index in [9.17, 15) is 4.79 Å². The molecule has 0 aliphatic carbocycles. The minimum absolute atomic E-state index is 0.376. The first-order chi connectivity index (χ1) is 14.7. The average molecular weight is 502 g/mol. The minimum Gasteiger partial charge on any atom is -0.444 e. The number of nitrogens with zero attached hydrogens (tertiary/aromatic N) is 4. The third-order valence-electron chi connectivity index (χ3n) is 4.15. The van der Waals surface area contributed by atoms with Crippen molar-refractivity contribution in [2.45, 2.75) is 62.1 Å². The summed E-state index contributed by atoms with van der Waals surface area (Å²) in [6.07, 6.45) is 3.19. The molecule has 168 valence electrons. The third kappa shape index (κ3) is 7.52. The van der Waals surface area contributed by atoms with Crippen LogP contribution in [0.1, 0.15) is 51.4 Å². The summed E-state index contributed by atoms with van der Waals surface area (Å²) < 4.78 is 7.95. The maximum absolute atomic E-state index is 11.6. The van der Waals surface area contributed by atoms with Crippen molar-refractivity contribution in [3.05, 3.63) is 39.6 Å². The number of ether oxygens (including phenoxy) is 1. The molecular weight excluding hydrogens is 477 g/mol. The Balaban J connectivity index is 1.43. The SMILES string of the molecule is CC(C)(C)OC(=O)NCCCCCc1nnc2sc(SCc3ccc(Cl)cc3Cl)nn12. The molecule has 0 saturated heterocycles. The van der Waals surface area contributed by atoms with E-state index in [0.717, 1.165) is 46.4 Å². The van der Waals surface area contributed by atoms with Gasteiger partial charge in [0.15, 0.2) is 10.2 Å². The Kier molecular flexibility index (Phi) is 8.43. The molecule has 3 rings (SSSR count). The molecule has 0 aliphatic heterocycles.